The number of rotatable bonds is 2. The number of halogens is 1. The van der Waals surface area contributed by atoms with Gasteiger partial charge in [-0.15, -0.1) is 0 Å². The zero-order valence-electron chi connectivity index (χ0n) is 8.40. The van der Waals surface area contributed by atoms with Crippen LogP contribution in [0.4, 0.5) is 0 Å². The standard InChI is InChI=1S/C11H8ClNO3/c1-6-7(3-2-4-8(6)12)10-13-9(5-16-10)11(14)15/h2-5H,1H3,(H,14,15). The van der Waals surface area contributed by atoms with Crippen molar-refractivity contribution in [2.45, 2.75) is 6.92 Å². The van der Waals surface area contributed by atoms with Gasteiger partial charge in [0.05, 0.1) is 0 Å². The smallest absolute Gasteiger partial charge is 0.357 e. The zero-order valence-corrected chi connectivity index (χ0v) is 9.15. The van der Waals surface area contributed by atoms with E-state index in [1.807, 2.05) is 6.92 Å². The molecule has 0 saturated carbocycles. The van der Waals surface area contributed by atoms with Crippen molar-refractivity contribution in [2.75, 3.05) is 0 Å². The summed E-state index contributed by atoms with van der Waals surface area (Å²) >= 11 is 5.95. The van der Waals surface area contributed by atoms with Gasteiger partial charge >= 0.3 is 5.97 Å². The van der Waals surface area contributed by atoms with E-state index in [-0.39, 0.29) is 11.6 Å². The van der Waals surface area contributed by atoms with Crippen LogP contribution in [-0.4, -0.2) is 16.1 Å². The van der Waals surface area contributed by atoms with Crippen molar-refractivity contribution in [3.05, 3.63) is 40.7 Å². The van der Waals surface area contributed by atoms with Crippen LogP contribution in [0.5, 0.6) is 0 Å². The van der Waals surface area contributed by atoms with Crippen LogP contribution in [0.25, 0.3) is 11.5 Å². The molecule has 16 heavy (non-hydrogen) atoms. The molecule has 0 fully saturated rings. The highest BCUT2D eigenvalue weighted by atomic mass is 35.5. The summed E-state index contributed by atoms with van der Waals surface area (Å²) in [6, 6.07) is 5.29. The van der Waals surface area contributed by atoms with Gasteiger partial charge in [0, 0.05) is 10.6 Å². The van der Waals surface area contributed by atoms with Gasteiger partial charge in [-0.2, -0.15) is 0 Å². The van der Waals surface area contributed by atoms with Crippen LogP contribution >= 0.6 is 11.6 Å². The van der Waals surface area contributed by atoms with Crippen molar-refractivity contribution >= 4 is 17.6 Å². The van der Waals surface area contributed by atoms with E-state index in [1.165, 1.54) is 0 Å². The molecule has 4 nitrogen and oxygen atoms in total. The van der Waals surface area contributed by atoms with Crippen LogP contribution in [0.15, 0.2) is 28.9 Å². The molecule has 0 radical (unpaired) electrons. The third kappa shape index (κ3) is 1.79. The number of hydrogen-bond donors (Lipinski definition) is 1. The average Bonchev–Trinajstić information content (AvgIpc) is 2.71. The third-order valence-electron chi connectivity index (χ3n) is 2.22. The molecule has 0 aliphatic heterocycles. The summed E-state index contributed by atoms with van der Waals surface area (Å²) in [5.41, 5.74) is 1.39. The minimum Gasteiger partial charge on any atom is -0.476 e. The predicted molar refractivity (Wildman–Crippen MR) is 58.6 cm³/mol. The second-order valence-electron chi connectivity index (χ2n) is 3.26. The minimum absolute atomic E-state index is 0.116. The van der Waals surface area contributed by atoms with Gasteiger partial charge in [0.1, 0.15) is 6.26 Å². The van der Waals surface area contributed by atoms with E-state index < -0.39 is 5.97 Å². The van der Waals surface area contributed by atoms with Gasteiger partial charge in [-0.1, -0.05) is 17.7 Å². The number of hydrogen-bond acceptors (Lipinski definition) is 3. The number of aromatic carboxylic acids is 1. The predicted octanol–water partition coefficient (Wildman–Crippen LogP) is 3.00. The number of carbonyl (C=O) groups is 1. The Labute approximate surface area is 96.5 Å². The second-order valence-corrected chi connectivity index (χ2v) is 3.66. The van der Waals surface area contributed by atoms with Crippen molar-refractivity contribution < 1.29 is 14.3 Å². The third-order valence-corrected chi connectivity index (χ3v) is 2.63. The van der Waals surface area contributed by atoms with Gasteiger partial charge in [0.25, 0.3) is 0 Å². The molecule has 82 valence electrons. The lowest BCUT2D eigenvalue weighted by Crippen LogP contribution is -1.95. The Morgan fingerprint density at radius 3 is 2.88 bits per heavy atom. The molecule has 5 heteroatoms. The summed E-state index contributed by atoms with van der Waals surface area (Å²) in [5.74, 6) is -0.855. The quantitative estimate of drug-likeness (QED) is 0.872. The van der Waals surface area contributed by atoms with Crippen LogP contribution in [-0.2, 0) is 0 Å². The maximum absolute atomic E-state index is 10.6. The SMILES string of the molecule is Cc1c(Cl)cccc1-c1nc(C(=O)O)co1. The van der Waals surface area contributed by atoms with Gasteiger partial charge in [-0.05, 0) is 24.6 Å². The molecule has 2 rings (SSSR count). The number of carboxylic acids is 1. The van der Waals surface area contributed by atoms with E-state index in [1.54, 1.807) is 18.2 Å². The van der Waals surface area contributed by atoms with Crippen molar-refractivity contribution in [3.63, 3.8) is 0 Å². The molecule has 1 N–H and O–H groups in total. The highest BCUT2D eigenvalue weighted by Gasteiger charge is 2.14. The largest absolute Gasteiger partial charge is 0.476 e. The Bertz CT molecular complexity index is 548. The van der Waals surface area contributed by atoms with Crippen LogP contribution < -0.4 is 0 Å². The number of nitrogens with zero attached hydrogens (tertiary/aromatic N) is 1. The molecule has 0 saturated heterocycles. The molecule has 0 aliphatic carbocycles. The topological polar surface area (TPSA) is 63.3 Å². The molecule has 0 aliphatic rings. The van der Waals surface area contributed by atoms with Crippen LogP contribution in [0.3, 0.4) is 0 Å². The Morgan fingerprint density at radius 2 is 2.25 bits per heavy atom. The lowest BCUT2D eigenvalue weighted by atomic mass is 10.1. The summed E-state index contributed by atoms with van der Waals surface area (Å²) in [6.07, 6.45) is 1.11. The molecule has 1 aromatic heterocycles. The van der Waals surface area contributed by atoms with Crippen molar-refractivity contribution in [1.29, 1.82) is 0 Å². The summed E-state index contributed by atoms with van der Waals surface area (Å²) in [4.78, 5) is 14.5. The van der Waals surface area contributed by atoms with E-state index in [0.717, 1.165) is 11.8 Å². The van der Waals surface area contributed by atoms with Crippen molar-refractivity contribution in [1.82, 2.24) is 4.98 Å². The highest BCUT2D eigenvalue weighted by Crippen LogP contribution is 2.27. The van der Waals surface area contributed by atoms with Crippen molar-refractivity contribution in [2.24, 2.45) is 0 Å². The van der Waals surface area contributed by atoms with Crippen LogP contribution in [0, 0.1) is 6.92 Å². The Kier molecular flexibility index (Phi) is 2.66. The monoisotopic (exact) mass is 237 g/mol. The Balaban J connectivity index is 2.50. The first-order valence-electron chi connectivity index (χ1n) is 4.54. The molecular formula is C11H8ClNO3. The summed E-state index contributed by atoms with van der Waals surface area (Å²) in [5, 5.41) is 9.31. The van der Waals surface area contributed by atoms with Gasteiger partial charge < -0.3 is 9.52 Å². The normalized spacial score (nSPS) is 10.4. The maximum atomic E-state index is 10.6. The van der Waals surface area contributed by atoms with E-state index in [0.29, 0.717) is 10.6 Å². The fraction of sp³-hybridized carbons (Fsp3) is 0.0909. The van der Waals surface area contributed by atoms with Crippen LogP contribution in [0.2, 0.25) is 5.02 Å². The number of carboxylic acid groups (broad SMARTS) is 1. The summed E-state index contributed by atoms with van der Waals surface area (Å²) in [7, 11) is 0. The molecule has 0 bridgehead atoms. The Morgan fingerprint density at radius 1 is 1.50 bits per heavy atom. The van der Waals surface area contributed by atoms with Crippen LogP contribution in [0.1, 0.15) is 16.1 Å². The Hall–Kier alpha value is -1.81. The van der Waals surface area contributed by atoms with E-state index >= 15 is 0 Å². The molecule has 0 unspecified atom stereocenters. The average molecular weight is 238 g/mol. The number of oxazole rings is 1. The molecule has 2 aromatic rings. The summed E-state index contributed by atoms with van der Waals surface area (Å²) in [6.45, 7) is 1.82. The van der Waals surface area contributed by atoms with E-state index in [4.69, 9.17) is 21.1 Å². The highest BCUT2D eigenvalue weighted by molar-refractivity contribution is 6.31. The number of aromatic nitrogens is 1. The second kappa shape index (κ2) is 3.98. The van der Waals surface area contributed by atoms with Gasteiger partial charge in [0.15, 0.2) is 5.69 Å². The van der Waals surface area contributed by atoms with Gasteiger partial charge in [-0.3, -0.25) is 0 Å². The zero-order chi connectivity index (χ0) is 11.7. The fourth-order valence-electron chi connectivity index (χ4n) is 1.33. The maximum Gasteiger partial charge on any atom is 0.357 e. The molecule has 1 aromatic carbocycles. The first kappa shape index (κ1) is 10.7. The van der Waals surface area contributed by atoms with Crippen molar-refractivity contribution in [3.8, 4) is 11.5 Å². The molecule has 1 heterocycles. The summed E-state index contributed by atoms with van der Waals surface area (Å²) < 4.78 is 5.10. The van der Waals surface area contributed by atoms with E-state index in [2.05, 4.69) is 4.98 Å². The van der Waals surface area contributed by atoms with E-state index in [9.17, 15) is 4.79 Å². The first-order valence-corrected chi connectivity index (χ1v) is 4.91. The minimum atomic E-state index is -1.12. The molecule has 0 atom stereocenters. The molecule has 0 spiro atoms. The van der Waals surface area contributed by atoms with Gasteiger partial charge in [-0.25, -0.2) is 9.78 Å². The lowest BCUT2D eigenvalue weighted by molar-refractivity contribution is 0.0690. The first-order chi connectivity index (χ1) is 7.59. The fourth-order valence-corrected chi connectivity index (χ4v) is 1.51. The number of benzene rings is 1. The van der Waals surface area contributed by atoms with Gasteiger partial charge in [0.2, 0.25) is 5.89 Å². The lowest BCUT2D eigenvalue weighted by Gasteiger charge is -2.02. The molecular weight excluding hydrogens is 230 g/mol. The molecule has 0 amide bonds.